The second-order valence-corrected chi connectivity index (χ2v) is 9.16. The summed E-state index contributed by atoms with van der Waals surface area (Å²) in [5, 5.41) is 19.2. The van der Waals surface area contributed by atoms with Crippen molar-refractivity contribution in [1.29, 1.82) is 0 Å². The van der Waals surface area contributed by atoms with Crippen molar-refractivity contribution in [1.82, 2.24) is 35.6 Å². The number of H-pyrrole nitrogens is 1. The zero-order valence-corrected chi connectivity index (χ0v) is 20.7. The molecule has 2 N–H and O–H groups in total. The molecule has 3 aromatic carbocycles. The van der Waals surface area contributed by atoms with Gasteiger partial charge in [-0.05, 0) is 64.2 Å². The highest BCUT2D eigenvalue weighted by Crippen LogP contribution is 2.37. The van der Waals surface area contributed by atoms with Crippen LogP contribution < -0.4 is 5.43 Å². The maximum absolute atomic E-state index is 11.6. The van der Waals surface area contributed by atoms with Gasteiger partial charge in [0, 0.05) is 24.8 Å². The first-order valence-corrected chi connectivity index (χ1v) is 12.4. The normalized spacial score (nSPS) is 13.6. The van der Waals surface area contributed by atoms with E-state index in [9.17, 15) is 4.79 Å². The zero-order valence-electron chi connectivity index (χ0n) is 20.7. The molecule has 5 aromatic rings. The van der Waals surface area contributed by atoms with Crippen LogP contribution >= 0.6 is 0 Å². The number of aromatic amines is 1. The van der Waals surface area contributed by atoms with Gasteiger partial charge in [0.25, 0.3) is 0 Å². The maximum atomic E-state index is 11.6. The molecule has 0 saturated carbocycles. The molecule has 1 aliphatic rings. The SMILES string of the molecule is CCCc1nc2ccc(C3=NNC(=O)CC3)cc2n1-c1ccc(-c2ccccc2)c(-c2nnn[nH]2)c1C. The molecule has 0 unspecified atom stereocenters. The Morgan fingerprint density at radius 2 is 1.86 bits per heavy atom. The highest BCUT2D eigenvalue weighted by Gasteiger charge is 2.21. The molecule has 6 rings (SSSR count). The summed E-state index contributed by atoms with van der Waals surface area (Å²) in [5.74, 6) is 1.56. The molecule has 9 nitrogen and oxygen atoms in total. The first kappa shape index (κ1) is 22.8. The Bertz CT molecular complexity index is 1630. The van der Waals surface area contributed by atoms with Crippen molar-refractivity contribution < 1.29 is 4.79 Å². The van der Waals surface area contributed by atoms with Crippen molar-refractivity contribution in [2.45, 2.75) is 39.5 Å². The van der Waals surface area contributed by atoms with Crippen LogP contribution in [0.5, 0.6) is 0 Å². The van der Waals surface area contributed by atoms with Gasteiger partial charge in [-0.2, -0.15) is 5.10 Å². The van der Waals surface area contributed by atoms with E-state index >= 15 is 0 Å². The standard InChI is InChI=1S/C28H26N8O/c1-3-7-25-29-22-12-10-19(21-13-15-26(37)31-30-21)16-24(22)36(25)23-14-11-20(18-8-5-4-6-9-18)27(17(23)2)28-32-34-35-33-28/h4-6,8-12,14,16H,3,7,13,15H2,1-2H3,(H,31,37)(H,32,33,34,35). The van der Waals surface area contributed by atoms with E-state index in [2.05, 4.69) is 79.9 Å². The number of nitrogens with zero attached hydrogens (tertiary/aromatic N) is 6. The maximum Gasteiger partial charge on any atom is 0.240 e. The van der Waals surface area contributed by atoms with Crippen LogP contribution in [-0.4, -0.2) is 41.8 Å². The molecule has 1 amide bonds. The van der Waals surface area contributed by atoms with Crippen LogP contribution in [0.4, 0.5) is 0 Å². The van der Waals surface area contributed by atoms with Gasteiger partial charge in [0.1, 0.15) is 5.82 Å². The summed E-state index contributed by atoms with van der Waals surface area (Å²) in [6.07, 6.45) is 2.85. The largest absolute Gasteiger partial charge is 0.296 e. The van der Waals surface area contributed by atoms with Crippen molar-refractivity contribution in [2.75, 3.05) is 0 Å². The van der Waals surface area contributed by atoms with Crippen molar-refractivity contribution in [3.8, 4) is 28.2 Å². The molecule has 1 aliphatic heterocycles. The first-order valence-electron chi connectivity index (χ1n) is 12.4. The number of aryl methyl sites for hydroxylation is 1. The van der Waals surface area contributed by atoms with E-state index in [4.69, 9.17) is 4.98 Å². The number of hydrazone groups is 1. The van der Waals surface area contributed by atoms with Gasteiger partial charge in [-0.15, -0.1) is 5.10 Å². The molecule has 9 heteroatoms. The van der Waals surface area contributed by atoms with E-state index in [1.807, 2.05) is 30.3 Å². The molecule has 0 spiro atoms. The molecule has 184 valence electrons. The summed E-state index contributed by atoms with van der Waals surface area (Å²) >= 11 is 0. The van der Waals surface area contributed by atoms with E-state index in [1.54, 1.807) is 0 Å². The van der Waals surface area contributed by atoms with Crippen molar-refractivity contribution in [3.05, 3.63) is 77.6 Å². The average Bonchev–Trinajstić information content (AvgIpc) is 3.58. The fourth-order valence-electron chi connectivity index (χ4n) is 5.02. The average molecular weight is 491 g/mol. The summed E-state index contributed by atoms with van der Waals surface area (Å²) in [4.78, 5) is 16.6. The molecule has 0 aliphatic carbocycles. The van der Waals surface area contributed by atoms with Gasteiger partial charge in [0.15, 0.2) is 5.82 Å². The van der Waals surface area contributed by atoms with Crippen LogP contribution in [0.2, 0.25) is 0 Å². The number of nitrogens with one attached hydrogen (secondary N) is 2. The number of fused-ring (bicyclic) bond motifs is 1. The van der Waals surface area contributed by atoms with Crippen LogP contribution in [0.15, 0.2) is 65.8 Å². The minimum Gasteiger partial charge on any atom is -0.296 e. The quantitative estimate of drug-likeness (QED) is 0.357. The number of rotatable bonds is 6. The van der Waals surface area contributed by atoms with Crippen molar-refractivity contribution in [2.24, 2.45) is 5.10 Å². The van der Waals surface area contributed by atoms with Gasteiger partial charge < -0.3 is 0 Å². The Hall–Kier alpha value is -4.66. The second kappa shape index (κ2) is 9.42. The lowest BCUT2D eigenvalue weighted by molar-refractivity contribution is -0.121. The number of imidazole rings is 1. The lowest BCUT2D eigenvalue weighted by Gasteiger charge is -2.18. The van der Waals surface area contributed by atoms with Gasteiger partial charge in [0.05, 0.1) is 22.4 Å². The lowest BCUT2D eigenvalue weighted by Crippen LogP contribution is -2.25. The predicted molar refractivity (Wildman–Crippen MR) is 142 cm³/mol. The second-order valence-electron chi connectivity index (χ2n) is 9.16. The Morgan fingerprint density at radius 1 is 1.00 bits per heavy atom. The van der Waals surface area contributed by atoms with Crippen LogP contribution in [0.1, 0.15) is 43.1 Å². The van der Waals surface area contributed by atoms with Gasteiger partial charge in [-0.1, -0.05) is 49.4 Å². The van der Waals surface area contributed by atoms with Gasteiger partial charge in [0.2, 0.25) is 5.91 Å². The predicted octanol–water partition coefficient (Wildman–Crippen LogP) is 4.75. The number of aromatic nitrogens is 6. The molecule has 0 radical (unpaired) electrons. The molecular formula is C28H26N8O. The first-order chi connectivity index (χ1) is 18.1. The number of hydrogen-bond donors (Lipinski definition) is 2. The fraction of sp³-hybridized carbons (Fsp3) is 0.214. The highest BCUT2D eigenvalue weighted by molar-refractivity contribution is 6.06. The van der Waals surface area contributed by atoms with Crippen LogP contribution in [0.25, 0.3) is 39.2 Å². The number of benzene rings is 3. The third-order valence-electron chi connectivity index (χ3n) is 6.78. The molecule has 0 saturated heterocycles. The monoisotopic (exact) mass is 490 g/mol. The van der Waals surface area contributed by atoms with E-state index < -0.39 is 0 Å². The minimum atomic E-state index is -0.0522. The topological polar surface area (TPSA) is 114 Å². The van der Waals surface area contributed by atoms with Crippen molar-refractivity contribution >= 4 is 22.7 Å². The van der Waals surface area contributed by atoms with Crippen LogP contribution in [-0.2, 0) is 11.2 Å². The summed E-state index contributed by atoms with van der Waals surface area (Å²) in [5.41, 5.74) is 11.5. The molecule has 0 fully saturated rings. The number of carbonyl (C=O) groups is 1. The summed E-state index contributed by atoms with van der Waals surface area (Å²) in [6, 6.07) is 20.7. The van der Waals surface area contributed by atoms with Gasteiger partial charge in [-0.3, -0.25) is 9.36 Å². The van der Waals surface area contributed by atoms with E-state index in [-0.39, 0.29) is 5.91 Å². The molecule has 37 heavy (non-hydrogen) atoms. The third kappa shape index (κ3) is 4.08. The summed E-state index contributed by atoms with van der Waals surface area (Å²) in [6.45, 7) is 4.26. The molecule has 2 aromatic heterocycles. The Labute approximate surface area is 213 Å². The molecular weight excluding hydrogens is 464 g/mol. The van der Waals surface area contributed by atoms with Crippen LogP contribution in [0, 0.1) is 6.92 Å². The Kier molecular flexibility index (Phi) is 5.80. The number of tetrazole rings is 1. The van der Waals surface area contributed by atoms with Gasteiger partial charge >= 0.3 is 0 Å². The van der Waals surface area contributed by atoms with Gasteiger partial charge in [-0.25, -0.2) is 15.5 Å². The fourth-order valence-corrected chi connectivity index (χ4v) is 5.02. The number of hydrogen-bond acceptors (Lipinski definition) is 6. The molecule has 0 bridgehead atoms. The minimum absolute atomic E-state index is 0.0522. The Morgan fingerprint density at radius 3 is 2.59 bits per heavy atom. The number of carbonyl (C=O) groups excluding carboxylic acids is 1. The molecule has 0 atom stereocenters. The Balaban J connectivity index is 1.58. The van der Waals surface area contributed by atoms with Crippen molar-refractivity contribution in [3.63, 3.8) is 0 Å². The van der Waals surface area contributed by atoms with E-state index in [0.717, 1.165) is 68.9 Å². The highest BCUT2D eigenvalue weighted by atomic mass is 16.2. The third-order valence-corrected chi connectivity index (χ3v) is 6.78. The lowest BCUT2D eigenvalue weighted by atomic mass is 9.94. The van der Waals surface area contributed by atoms with E-state index in [0.29, 0.717) is 18.7 Å². The smallest absolute Gasteiger partial charge is 0.240 e. The summed E-state index contributed by atoms with van der Waals surface area (Å²) < 4.78 is 2.24. The van der Waals surface area contributed by atoms with E-state index in [1.165, 1.54) is 0 Å². The molecule has 3 heterocycles. The summed E-state index contributed by atoms with van der Waals surface area (Å²) in [7, 11) is 0. The zero-order chi connectivity index (χ0) is 25.4. The van der Waals surface area contributed by atoms with Crippen LogP contribution in [0.3, 0.4) is 0 Å². The number of amides is 1.